The van der Waals surface area contributed by atoms with E-state index in [0.29, 0.717) is 10.7 Å². The Morgan fingerprint density at radius 2 is 1.78 bits per heavy atom. The Labute approximate surface area is 186 Å². The van der Waals surface area contributed by atoms with Crippen LogP contribution in [0, 0.1) is 22.0 Å². The lowest BCUT2D eigenvalue weighted by molar-refractivity contribution is -0.384. The number of halogens is 1. The van der Waals surface area contributed by atoms with Crippen LogP contribution in [0.2, 0.25) is 5.02 Å². The van der Waals surface area contributed by atoms with E-state index in [1.54, 1.807) is 36.4 Å². The van der Waals surface area contributed by atoms with Crippen LogP contribution in [0.25, 0.3) is 0 Å². The third kappa shape index (κ3) is 2.93. The van der Waals surface area contributed by atoms with Crippen LogP contribution in [-0.4, -0.2) is 45.8 Å². The van der Waals surface area contributed by atoms with Crippen molar-refractivity contribution in [1.29, 1.82) is 0 Å². The molecule has 0 saturated carbocycles. The van der Waals surface area contributed by atoms with Crippen molar-refractivity contribution in [2.45, 2.75) is 12.1 Å². The molecule has 2 aromatic carbocycles. The molecule has 0 aliphatic carbocycles. The highest BCUT2D eigenvalue weighted by atomic mass is 35.5. The molecule has 3 heterocycles. The standard InChI is InChI=1S/C22H15ClN4O5/c23-13-6-8-14(9-7-13)25-21(29)17-16-5-2-10-24-26(16)19(18(17)22(25)30)20(28)12-3-1-4-15(11-12)27(31)32/h1-11,16-19H/t16-,17-,18-,19+/m0/s1. The summed E-state index contributed by atoms with van der Waals surface area (Å²) in [6.45, 7) is 0. The van der Waals surface area contributed by atoms with Crippen molar-refractivity contribution >= 4 is 46.8 Å². The average Bonchev–Trinajstić information content (AvgIpc) is 3.27. The maximum Gasteiger partial charge on any atom is 0.270 e. The van der Waals surface area contributed by atoms with E-state index in [-0.39, 0.29) is 11.3 Å². The molecule has 32 heavy (non-hydrogen) atoms. The van der Waals surface area contributed by atoms with Gasteiger partial charge in [-0.1, -0.05) is 29.8 Å². The lowest BCUT2D eigenvalue weighted by Crippen LogP contribution is -2.46. The number of benzene rings is 2. The van der Waals surface area contributed by atoms with E-state index in [2.05, 4.69) is 5.10 Å². The first-order valence-electron chi connectivity index (χ1n) is 9.79. The minimum Gasteiger partial charge on any atom is -0.292 e. The Morgan fingerprint density at radius 3 is 2.50 bits per heavy atom. The predicted molar refractivity (Wildman–Crippen MR) is 115 cm³/mol. The number of allylic oxidation sites excluding steroid dienone is 1. The van der Waals surface area contributed by atoms with Crippen LogP contribution in [0.1, 0.15) is 10.4 Å². The highest BCUT2D eigenvalue weighted by molar-refractivity contribution is 6.31. The van der Waals surface area contributed by atoms with Crippen molar-refractivity contribution in [2.75, 3.05) is 4.90 Å². The van der Waals surface area contributed by atoms with Crippen molar-refractivity contribution in [1.82, 2.24) is 5.01 Å². The zero-order chi connectivity index (χ0) is 22.6. The van der Waals surface area contributed by atoms with Gasteiger partial charge in [0.2, 0.25) is 11.8 Å². The first kappa shape index (κ1) is 20.1. The number of Topliss-reactive ketones (excluding diaryl/α,β-unsaturated/α-hetero) is 1. The number of carbonyl (C=O) groups excluding carboxylic acids is 3. The summed E-state index contributed by atoms with van der Waals surface area (Å²) in [6, 6.07) is 9.98. The van der Waals surface area contributed by atoms with Gasteiger partial charge in [-0.15, -0.1) is 0 Å². The normalized spacial score (nSPS) is 25.8. The molecule has 4 atom stereocenters. The number of nitrogens with zero attached hydrogens (tertiary/aromatic N) is 4. The van der Waals surface area contributed by atoms with E-state index in [0.717, 1.165) is 4.90 Å². The van der Waals surface area contributed by atoms with E-state index in [4.69, 9.17) is 11.6 Å². The molecule has 0 spiro atoms. The summed E-state index contributed by atoms with van der Waals surface area (Å²) < 4.78 is 0. The second-order valence-corrected chi connectivity index (χ2v) is 8.11. The number of hydrazone groups is 1. The zero-order valence-corrected chi connectivity index (χ0v) is 17.1. The Bertz CT molecular complexity index is 1230. The van der Waals surface area contributed by atoms with Crippen LogP contribution >= 0.6 is 11.6 Å². The van der Waals surface area contributed by atoms with Gasteiger partial charge in [0.1, 0.15) is 6.04 Å². The molecule has 0 bridgehead atoms. The zero-order valence-electron chi connectivity index (χ0n) is 16.4. The first-order valence-corrected chi connectivity index (χ1v) is 10.2. The van der Waals surface area contributed by atoms with Gasteiger partial charge in [0.15, 0.2) is 5.78 Å². The van der Waals surface area contributed by atoms with Gasteiger partial charge in [0.05, 0.1) is 28.5 Å². The van der Waals surface area contributed by atoms with Gasteiger partial charge in [-0.3, -0.25) is 29.5 Å². The van der Waals surface area contributed by atoms with Crippen LogP contribution in [0.4, 0.5) is 11.4 Å². The summed E-state index contributed by atoms with van der Waals surface area (Å²) in [5.74, 6) is -3.22. The predicted octanol–water partition coefficient (Wildman–Crippen LogP) is 2.85. The maximum atomic E-state index is 13.5. The Balaban J connectivity index is 1.57. The van der Waals surface area contributed by atoms with E-state index < -0.39 is 46.4 Å². The number of carbonyl (C=O) groups is 3. The largest absolute Gasteiger partial charge is 0.292 e. The van der Waals surface area contributed by atoms with Gasteiger partial charge in [0.25, 0.3) is 5.69 Å². The second kappa shape index (κ2) is 7.38. The molecular formula is C22H15ClN4O5. The quantitative estimate of drug-likeness (QED) is 0.306. The van der Waals surface area contributed by atoms with Crippen molar-refractivity contribution in [3.63, 3.8) is 0 Å². The fourth-order valence-corrected chi connectivity index (χ4v) is 4.75. The molecule has 2 saturated heterocycles. The molecule has 0 unspecified atom stereocenters. The van der Waals surface area contributed by atoms with Gasteiger partial charge in [-0.25, -0.2) is 4.90 Å². The van der Waals surface area contributed by atoms with E-state index in [9.17, 15) is 24.5 Å². The fraction of sp³-hybridized carbons (Fsp3) is 0.182. The van der Waals surface area contributed by atoms with Crippen LogP contribution in [0.5, 0.6) is 0 Å². The molecule has 2 amide bonds. The number of hydrogen-bond donors (Lipinski definition) is 0. The van der Waals surface area contributed by atoms with Gasteiger partial charge in [-0.2, -0.15) is 5.10 Å². The molecule has 5 rings (SSSR count). The third-order valence-corrected chi connectivity index (χ3v) is 6.24. The summed E-state index contributed by atoms with van der Waals surface area (Å²) >= 11 is 5.93. The van der Waals surface area contributed by atoms with Crippen LogP contribution < -0.4 is 4.90 Å². The molecule has 0 N–H and O–H groups in total. The summed E-state index contributed by atoms with van der Waals surface area (Å²) in [7, 11) is 0. The number of amides is 2. The van der Waals surface area contributed by atoms with Crippen molar-refractivity contribution in [2.24, 2.45) is 16.9 Å². The number of nitro groups is 1. The topological polar surface area (TPSA) is 113 Å². The highest BCUT2D eigenvalue weighted by Gasteiger charge is 2.64. The molecule has 0 aromatic heterocycles. The minimum absolute atomic E-state index is 0.0820. The number of hydrogen-bond acceptors (Lipinski definition) is 7. The molecule has 2 aromatic rings. The van der Waals surface area contributed by atoms with Gasteiger partial charge in [-0.05, 0) is 30.3 Å². The molecule has 160 valence electrons. The molecule has 0 radical (unpaired) electrons. The van der Waals surface area contributed by atoms with Crippen LogP contribution in [0.3, 0.4) is 0 Å². The summed E-state index contributed by atoms with van der Waals surface area (Å²) in [4.78, 5) is 52.0. The van der Waals surface area contributed by atoms with Gasteiger partial charge >= 0.3 is 0 Å². The van der Waals surface area contributed by atoms with E-state index in [1.165, 1.54) is 35.5 Å². The Morgan fingerprint density at radius 1 is 1.06 bits per heavy atom. The fourth-order valence-electron chi connectivity index (χ4n) is 4.63. The number of fused-ring (bicyclic) bond motifs is 3. The summed E-state index contributed by atoms with van der Waals surface area (Å²) in [5, 5.41) is 17.4. The van der Waals surface area contributed by atoms with Crippen LogP contribution in [0.15, 0.2) is 65.8 Å². The molecule has 3 aliphatic rings. The van der Waals surface area contributed by atoms with Crippen molar-refractivity contribution < 1.29 is 19.3 Å². The minimum atomic E-state index is -1.07. The highest BCUT2D eigenvalue weighted by Crippen LogP contribution is 2.46. The van der Waals surface area contributed by atoms with Gasteiger partial charge < -0.3 is 0 Å². The number of non-ortho nitro benzene ring substituents is 1. The number of imide groups is 1. The van der Waals surface area contributed by atoms with Gasteiger partial charge in [0, 0.05) is 28.9 Å². The lowest BCUT2D eigenvalue weighted by Gasteiger charge is -2.30. The monoisotopic (exact) mass is 450 g/mol. The lowest BCUT2D eigenvalue weighted by atomic mass is 9.86. The smallest absolute Gasteiger partial charge is 0.270 e. The SMILES string of the molecule is O=C(c1cccc([N+](=O)[O-])c1)[C@H]1[C@H]2C(=O)N(c3ccc(Cl)cc3)C(=O)[C@H]2[C@@H]2C=CC=NN21. The first-order chi connectivity index (χ1) is 15.4. The molecule has 2 fully saturated rings. The Kier molecular flexibility index (Phi) is 4.63. The number of ketones is 1. The Hall–Kier alpha value is -3.85. The number of rotatable bonds is 4. The molecule has 3 aliphatic heterocycles. The molecule has 10 heteroatoms. The maximum absolute atomic E-state index is 13.5. The average molecular weight is 451 g/mol. The number of nitro benzene ring substituents is 1. The number of anilines is 1. The van der Waals surface area contributed by atoms with Crippen molar-refractivity contribution in [3.8, 4) is 0 Å². The summed E-state index contributed by atoms with van der Waals surface area (Å²) in [6.07, 6.45) is 4.89. The van der Waals surface area contributed by atoms with E-state index in [1.807, 2.05) is 0 Å². The molecule has 9 nitrogen and oxygen atoms in total. The molecular weight excluding hydrogens is 436 g/mol. The third-order valence-electron chi connectivity index (χ3n) is 5.99. The summed E-state index contributed by atoms with van der Waals surface area (Å²) in [5.41, 5.74) is 0.217. The van der Waals surface area contributed by atoms with Crippen LogP contribution in [-0.2, 0) is 9.59 Å². The van der Waals surface area contributed by atoms with E-state index >= 15 is 0 Å². The van der Waals surface area contributed by atoms with Crippen molar-refractivity contribution in [3.05, 3.63) is 81.4 Å². The second-order valence-electron chi connectivity index (χ2n) is 7.68.